The zero-order valence-electron chi connectivity index (χ0n) is 34.5. The van der Waals surface area contributed by atoms with Gasteiger partial charge in [-0.25, -0.2) is 22.6 Å². The van der Waals surface area contributed by atoms with Gasteiger partial charge in [0.15, 0.2) is 9.84 Å². The molecule has 0 spiro atoms. The molecule has 314 valence electrons. The molecule has 0 N–H and O–H groups in total. The second-order valence-electron chi connectivity index (χ2n) is 15.3. The van der Waals surface area contributed by atoms with Crippen molar-refractivity contribution >= 4 is 45.4 Å². The fourth-order valence-electron chi connectivity index (χ4n) is 6.96. The smallest absolute Gasteiger partial charge is 0.451 e. The van der Waals surface area contributed by atoms with E-state index in [4.69, 9.17) is 18.5 Å². The predicted octanol–water partition coefficient (Wildman–Crippen LogP) is 11.9. The number of ether oxygens (including phenoxy) is 2. The summed E-state index contributed by atoms with van der Waals surface area (Å²) >= 11 is 0. The Bertz CT molecular complexity index is 3070. The summed E-state index contributed by atoms with van der Waals surface area (Å²) in [5, 5.41) is 2.20. The van der Waals surface area contributed by atoms with Gasteiger partial charge in [-0.05, 0) is 131 Å². The van der Waals surface area contributed by atoms with E-state index in [-0.39, 0.29) is 10.5 Å². The molecule has 0 bridgehead atoms. The molecule has 1 unspecified atom stereocenters. The fraction of sp³-hybridized carbons (Fsp3) is 0.0769. The van der Waals surface area contributed by atoms with Gasteiger partial charge in [-0.3, -0.25) is 0 Å². The number of hydrogen-bond acceptors (Lipinski definition) is 9. The van der Waals surface area contributed by atoms with Gasteiger partial charge in [0.05, 0.1) is 21.3 Å². The number of sulfone groups is 1. The van der Waals surface area contributed by atoms with Gasteiger partial charge in [0.1, 0.15) is 22.8 Å². The van der Waals surface area contributed by atoms with E-state index in [2.05, 4.69) is 0 Å². The number of hydrogen-bond donors (Lipinski definition) is 0. The van der Waals surface area contributed by atoms with Crippen molar-refractivity contribution in [1.29, 1.82) is 0 Å². The standard InChI is InChI=1S/C52H41O9PS/c1-52(2,59-51(54)49-15-9-11-40-10-7-8-14-48(40)49)42-26-16-36(17-27-42)38-20-30-44(31-21-38)60-62(55,46-12-5-4-6-13-46)61-45-32-22-39(23-33-45)37-18-28-43(29-19-37)58-50(53)41-24-34-47(35-25-41)63(3,56)57/h4-35H,1-3H3. The van der Waals surface area contributed by atoms with Gasteiger partial charge in [0.2, 0.25) is 0 Å². The molecular weight excluding hydrogens is 832 g/mol. The molecule has 9 nitrogen and oxygen atoms in total. The molecule has 0 heterocycles. The summed E-state index contributed by atoms with van der Waals surface area (Å²) < 4.78 is 61.9. The summed E-state index contributed by atoms with van der Waals surface area (Å²) in [6, 6.07) is 56.7. The number of fused-ring (bicyclic) bond motifs is 1. The molecule has 63 heavy (non-hydrogen) atoms. The van der Waals surface area contributed by atoms with Gasteiger partial charge >= 0.3 is 19.5 Å². The number of carbonyl (C=O) groups is 2. The van der Waals surface area contributed by atoms with Crippen LogP contribution in [0.5, 0.6) is 17.2 Å². The second-order valence-corrected chi connectivity index (χ2v) is 19.2. The third-order valence-corrected chi connectivity index (χ3v) is 13.4. The summed E-state index contributed by atoms with van der Waals surface area (Å²) in [5.74, 6) is -0.000369. The van der Waals surface area contributed by atoms with Crippen LogP contribution >= 0.6 is 7.60 Å². The third kappa shape index (κ3) is 9.79. The van der Waals surface area contributed by atoms with Gasteiger partial charge in [-0.15, -0.1) is 0 Å². The lowest BCUT2D eigenvalue weighted by Gasteiger charge is -2.26. The quantitative estimate of drug-likeness (QED) is 0.0633. The first-order valence-electron chi connectivity index (χ1n) is 19.9. The third-order valence-electron chi connectivity index (χ3n) is 10.4. The summed E-state index contributed by atoms with van der Waals surface area (Å²) in [6.45, 7) is 3.74. The SMILES string of the molecule is CC(C)(OC(=O)c1cccc2ccccc12)c1ccc(-c2ccc(OP(=O)(Oc3ccc(-c4ccc(OC(=O)c5ccc(S(C)(=O)=O)cc5)cc4)cc3)c3ccccc3)cc2)cc1. The average molecular weight is 873 g/mol. The largest absolute Gasteiger partial charge is 0.462 e. The molecule has 0 radical (unpaired) electrons. The minimum atomic E-state index is -3.94. The lowest BCUT2D eigenvalue weighted by Crippen LogP contribution is -2.25. The van der Waals surface area contributed by atoms with E-state index < -0.39 is 35.0 Å². The van der Waals surface area contributed by atoms with Gasteiger partial charge < -0.3 is 18.5 Å². The minimum absolute atomic E-state index is 0.113. The lowest BCUT2D eigenvalue weighted by atomic mass is 9.95. The zero-order valence-corrected chi connectivity index (χ0v) is 36.2. The molecule has 0 saturated carbocycles. The topological polar surface area (TPSA) is 122 Å². The van der Waals surface area contributed by atoms with Crippen LogP contribution in [-0.4, -0.2) is 26.6 Å². The maximum atomic E-state index is 14.6. The van der Waals surface area contributed by atoms with E-state index in [0.29, 0.717) is 28.1 Å². The molecule has 0 saturated heterocycles. The predicted molar refractivity (Wildman–Crippen MR) is 246 cm³/mol. The minimum Gasteiger partial charge on any atom is -0.451 e. The van der Waals surface area contributed by atoms with E-state index in [0.717, 1.165) is 44.8 Å². The fourth-order valence-corrected chi connectivity index (χ4v) is 9.18. The van der Waals surface area contributed by atoms with Crippen molar-refractivity contribution in [2.75, 3.05) is 6.26 Å². The van der Waals surface area contributed by atoms with E-state index in [1.54, 1.807) is 78.9 Å². The van der Waals surface area contributed by atoms with E-state index >= 15 is 0 Å². The molecular formula is C52H41O9PS. The number of esters is 2. The molecule has 8 aromatic rings. The molecule has 8 rings (SSSR count). The Morgan fingerprint density at radius 3 is 1.52 bits per heavy atom. The summed E-state index contributed by atoms with van der Waals surface area (Å²) in [5.41, 5.74) is 4.18. The van der Waals surface area contributed by atoms with Crippen LogP contribution in [0.2, 0.25) is 0 Å². The van der Waals surface area contributed by atoms with Crippen molar-refractivity contribution in [2.45, 2.75) is 24.3 Å². The van der Waals surface area contributed by atoms with Gasteiger partial charge in [0, 0.05) is 6.26 Å². The van der Waals surface area contributed by atoms with Crippen LogP contribution in [-0.2, 0) is 24.7 Å². The summed E-state index contributed by atoms with van der Waals surface area (Å²) in [4.78, 5) is 26.1. The van der Waals surface area contributed by atoms with Crippen LogP contribution in [0.4, 0.5) is 0 Å². The van der Waals surface area contributed by atoms with Crippen molar-refractivity contribution in [3.8, 4) is 39.5 Å². The van der Waals surface area contributed by atoms with Crippen LogP contribution < -0.4 is 19.1 Å². The van der Waals surface area contributed by atoms with Crippen molar-refractivity contribution in [1.82, 2.24) is 0 Å². The van der Waals surface area contributed by atoms with Crippen molar-refractivity contribution in [3.63, 3.8) is 0 Å². The maximum absolute atomic E-state index is 14.6. The summed E-state index contributed by atoms with van der Waals surface area (Å²) in [7, 11) is -7.33. The number of rotatable bonds is 13. The highest BCUT2D eigenvalue weighted by molar-refractivity contribution is 7.90. The highest BCUT2D eigenvalue weighted by Gasteiger charge is 2.32. The average Bonchev–Trinajstić information content (AvgIpc) is 3.29. The normalized spacial score (nSPS) is 12.5. The number of benzene rings is 8. The molecule has 0 fully saturated rings. The van der Waals surface area contributed by atoms with Gasteiger partial charge in [-0.1, -0.05) is 115 Å². The maximum Gasteiger partial charge on any atom is 0.462 e. The van der Waals surface area contributed by atoms with Crippen molar-refractivity contribution in [3.05, 3.63) is 211 Å². The van der Waals surface area contributed by atoms with E-state index in [1.807, 2.05) is 105 Å². The molecule has 0 amide bonds. The summed E-state index contributed by atoms with van der Waals surface area (Å²) in [6.07, 6.45) is 1.10. The molecule has 0 aromatic heterocycles. The Labute approximate surface area is 366 Å². The first-order valence-corrected chi connectivity index (χ1v) is 23.4. The van der Waals surface area contributed by atoms with Crippen LogP contribution in [0.3, 0.4) is 0 Å². The van der Waals surface area contributed by atoms with E-state index in [9.17, 15) is 22.6 Å². The first kappa shape index (κ1) is 42.4. The van der Waals surface area contributed by atoms with Crippen LogP contribution in [0.1, 0.15) is 40.1 Å². The highest BCUT2D eigenvalue weighted by Crippen LogP contribution is 2.48. The van der Waals surface area contributed by atoms with Gasteiger partial charge in [-0.2, -0.15) is 0 Å². The molecule has 0 aliphatic carbocycles. The molecule has 0 aliphatic heterocycles. The van der Waals surface area contributed by atoms with Crippen molar-refractivity contribution < 1.29 is 41.1 Å². The second kappa shape index (κ2) is 17.6. The Morgan fingerprint density at radius 1 is 0.508 bits per heavy atom. The zero-order chi connectivity index (χ0) is 44.2. The van der Waals surface area contributed by atoms with Crippen LogP contribution in [0.15, 0.2) is 199 Å². The Balaban J connectivity index is 0.921. The lowest BCUT2D eigenvalue weighted by molar-refractivity contribution is -0.00292. The first-order chi connectivity index (χ1) is 30.2. The molecule has 8 aromatic carbocycles. The Morgan fingerprint density at radius 2 is 0.984 bits per heavy atom. The van der Waals surface area contributed by atoms with Gasteiger partial charge in [0.25, 0.3) is 0 Å². The Hall–Kier alpha value is -7.26. The van der Waals surface area contributed by atoms with Crippen LogP contribution in [0.25, 0.3) is 33.0 Å². The molecule has 1 atom stereocenters. The van der Waals surface area contributed by atoms with Crippen molar-refractivity contribution in [2.24, 2.45) is 0 Å². The Kier molecular flexibility index (Phi) is 11.9. The molecule has 11 heteroatoms. The number of carbonyl (C=O) groups excluding carboxylic acids is 2. The van der Waals surface area contributed by atoms with E-state index in [1.165, 1.54) is 24.3 Å². The van der Waals surface area contributed by atoms with Crippen LogP contribution in [0, 0.1) is 0 Å². The highest BCUT2D eigenvalue weighted by atomic mass is 32.2. The monoisotopic (exact) mass is 872 g/mol. The molecule has 0 aliphatic rings.